The van der Waals surface area contributed by atoms with E-state index in [1.54, 1.807) is 12.1 Å². The highest BCUT2D eigenvalue weighted by molar-refractivity contribution is 9.10. The molecular formula is C19H22BrN2O3+. The Balaban J connectivity index is 1.77. The fraction of sp³-hybridized carbons (Fsp3) is 0.263. The zero-order chi connectivity index (χ0) is 18.2. The topological polar surface area (TPSA) is 59.8 Å². The summed E-state index contributed by atoms with van der Waals surface area (Å²) < 4.78 is 5.71. The molecule has 1 atom stereocenters. The number of esters is 1. The van der Waals surface area contributed by atoms with E-state index in [2.05, 4.69) is 26.0 Å². The predicted molar refractivity (Wildman–Crippen MR) is 99.2 cm³/mol. The Bertz CT molecular complexity index is 714. The molecular weight excluding hydrogens is 384 g/mol. The van der Waals surface area contributed by atoms with Gasteiger partial charge in [-0.15, -0.1) is 0 Å². The number of carbonyl (C=O) groups excluding carboxylic acids is 2. The molecule has 2 aromatic carbocycles. The van der Waals surface area contributed by atoms with E-state index in [4.69, 9.17) is 0 Å². The van der Waals surface area contributed by atoms with Crippen LogP contribution in [0.15, 0.2) is 53.0 Å². The summed E-state index contributed by atoms with van der Waals surface area (Å²) >= 11 is 3.41. The van der Waals surface area contributed by atoms with Crippen molar-refractivity contribution in [3.63, 3.8) is 0 Å². The van der Waals surface area contributed by atoms with Crippen molar-refractivity contribution in [2.45, 2.75) is 13.1 Å². The number of rotatable bonds is 7. The molecule has 5 nitrogen and oxygen atoms in total. The Labute approximate surface area is 156 Å². The van der Waals surface area contributed by atoms with Crippen LogP contribution in [0.25, 0.3) is 0 Å². The summed E-state index contributed by atoms with van der Waals surface area (Å²) in [5.74, 6) is -0.375. The molecule has 1 unspecified atom stereocenters. The zero-order valence-corrected chi connectivity index (χ0v) is 15.9. The maximum absolute atomic E-state index is 12.1. The number of hydrogen-bond acceptors (Lipinski definition) is 3. The van der Waals surface area contributed by atoms with Crippen LogP contribution in [0, 0.1) is 0 Å². The number of benzene rings is 2. The molecule has 0 aliphatic heterocycles. The van der Waals surface area contributed by atoms with Gasteiger partial charge in [-0.25, -0.2) is 4.79 Å². The highest BCUT2D eigenvalue weighted by Crippen LogP contribution is 2.09. The number of amides is 1. The first-order valence-corrected chi connectivity index (χ1v) is 8.77. The van der Waals surface area contributed by atoms with Crippen molar-refractivity contribution in [1.29, 1.82) is 0 Å². The minimum Gasteiger partial charge on any atom is -0.465 e. The molecule has 0 radical (unpaired) electrons. The Hall–Kier alpha value is -2.18. The van der Waals surface area contributed by atoms with Crippen LogP contribution in [0.5, 0.6) is 0 Å². The molecule has 0 bridgehead atoms. The van der Waals surface area contributed by atoms with Crippen molar-refractivity contribution in [3.05, 3.63) is 69.7 Å². The molecule has 0 aliphatic carbocycles. The average Bonchev–Trinajstić information content (AvgIpc) is 2.61. The van der Waals surface area contributed by atoms with Gasteiger partial charge in [0, 0.05) is 16.6 Å². The van der Waals surface area contributed by atoms with Gasteiger partial charge in [0.15, 0.2) is 6.54 Å². The number of hydrogen-bond donors (Lipinski definition) is 2. The molecule has 2 N–H and O–H groups in total. The number of carbonyl (C=O) groups is 2. The van der Waals surface area contributed by atoms with Crippen LogP contribution in [-0.4, -0.2) is 32.6 Å². The normalized spacial score (nSPS) is 11.6. The lowest BCUT2D eigenvalue weighted by molar-refractivity contribution is -0.885. The van der Waals surface area contributed by atoms with Crippen LogP contribution in [0.2, 0.25) is 0 Å². The molecule has 1 amide bonds. The molecule has 6 heteroatoms. The minimum atomic E-state index is -0.367. The van der Waals surface area contributed by atoms with E-state index in [0.717, 1.165) is 21.5 Å². The van der Waals surface area contributed by atoms with Crippen LogP contribution in [0.3, 0.4) is 0 Å². The summed E-state index contributed by atoms with van der Waals surface area (Å²) in [7, 11) is 3.34. The van der Waals surface area contributed by atoms with Crippen LogP contribution >= 0.6 is 15.9 Å². The van der Waals surface area contributed by atoms with Crippen molar-refractivity contribution in [2.75, 3.05) is 20.7 Å². The SMILES string of the molecule is COC(=O)c1ccc(CNC(=O)C[NH+](C)Cc2ccc(Br)cc2)cc1. The Morgan fingerprint density at radius 3 is 2.24 bits per heavy atom. The van der Waals surface area contributed by atoms with Crippen molar-refractivity contribution in [1.82, 2.24) is 5.32 Å². The molecule has 132 valence electrons. The molecule has 2 rings (SSSR count). The molecule has 0 spiro atoms. The first-order valence-electron chi connectivity index (χ1n) is 7.97. The van der Waals surface area contributed by atoms with Crippen molar-refractivity contribution < 1.29 is 19.2 Å². The number of methoxy groups -OCH3 is 1. The van der Waals surface area contributed by atoms with Gasteiger partial charge in [0.1, 0.15) is 6.54 Å². The van der Waals surface area contributed by atoms with Gasteiger partial charge in [-0.05, 0) is 29.8 Å². The second kappa shape index (κ2) is 9.34. The van der Waals surface area contributed by atoms with E-state index in [1.807, 2.05) is 43.4 Å². The van der Waals surface area contributed by atoms with Gasteiger partial charge in [0.25, 0.3) is 5.91 Å². The van der Waals surface area contributed by atoms with Gasteiger partial charge >= 0.3 is 5.97 Å². The molecule has 0 heterocycles. The van der Waals surface area contributed by atoms with Crippen molar-refractivity contribution in [2.24, 2.45) is 0 Å². The summed E-state index contributed by atoms with van der Waals surface area (Å²) in [4.78, 5) is 24.6. The fourth-order valence-electron chi connectivity index (χ4n) is 2.43. The second-order valence-corrected chi connectivity index (χ2v) is 6.82. The quantitative estimate of drug-likeness (QED) is 0.687. The van der Waals surface area contributed by atoms with E-state index in [0.29, 0.717) is 18.7 Å². The first kappa shape index (κ1) is 19.1. The first-order chi connectivity index (χ1) is 12.0. The third-order valence-corrected chi connectivity index (χ3v) is 4.27. The van der Waals surface area contributed by atoms with Crippen LogP contribution < -0.4 is 10.2 Å². The lowest BCUT2D eigenvalue weighted by atomic mass is 10.1. The molecule has 25 heavy (non-hydrogen) atoms. The molecule has 0 fully saturated rings. The summed E-state index contributed by atoms with van der Waals surface area (Å²) in [6.07, 6.45) is 0. The average molecular weight is 406 g/mol. The van der Waals surface area contributed by atoms with E-state index < -0.39 is 0 Å². The Kier molecular flexibility index (Phi) is 7.16. The standard InChI is InChI=1S/C19H21BrN2O3/c1-22(12-15-5-9-17(20)10-6-15)13-18(23)21-11-14-3-7-16(8-4-14)19(24)25-2/h3-10H,11-13H2,1-2H3,(H,21,23)/p+1. The molecule has 0 aromatic heterocycles. The predicted octanol–water partition coefficient (Wildman–Crippen LogP) is 1.57. The van der Waals surface area contributed by atoms with Crippen LogP contribution in [0.4, 0.5) is 0 Å². The lowest BCUT2D eigenvalue weighted by Gasteiger charge is -2.14. The lowest BCUT2D eigenvalue weighted by Crippen LogP contribution is -3.08. The second-order valence-electron chi connectivity index (χ2n) is 5.90. The van der Waals surface area contributed by atoms with Gasteiger partial charge in [-0.3, -0.25) is 4.79 Å². The third kappa shape index (κ3) is 6.32. The summed E-state index contributed by atoms with van der Waals surface area (Å²) in [5.41, 5.74) is 2.62. The summed E-state index contributed by atoms with van der Waals surface area (Å²) in [5, 5.41) is 2.90. The van der Waals surface area contributed by atoms with E-state index >= 15 is 0 Å². The highest BCUT2D eigenvalue weighted by atomic mass is 79.9. The maximum Gasteiger partial charge on any atom is 0.337 e. The molecule has 2 aromatic rings. The van der Waals surface area contributed by atoms with Crippen molar-refractivity contribution in [3.8, 4) is 0 Å². The largest absolute Gasteiger partial charge is 0.465 e. The zero-order valence-electron chi connectivity index (χ0n) is 14.3. The molecule has 0 saturated carbocycles. The minimum absolute atomic E-state index is 0.00773. The van der Waals surface area contributed by atoms with Gasteiger partial charge in [-0.1, -0.05) is 40.2 Å². The summed E-state index contributed by atoms with van der Waals surface area (Å²) in [6, 6.07) is 15.1. The van der Waals surface area contributed by atoms with Crippen LogP contribution in [0.1, 0.15) is 21.5 Å². The Morgan fingerprint density at radius 1 is 1.04 bits per heavy atom. The smallest absolute Gasteiger partial charge is 0.337 e. The van der Waals surface area contributed by atoms with E-state index in [9.17, 15) is 9.59 Å². The number of ether oxygens (including phenoxy) is 1. The number of quaternary nitrogens is 1. The number of halogens is 1. The van der Waals surface area contributed by atoms with Gasteiger partial charge in [0.05, 0.1) is 19.7 Å². The number of nitrogens with one attached hydrogen (secondary N) is 2. The highest BCUT2D eigenvalue weighted by Gasteiger charge is 2.11. The Morgan fingerprint density at radius 2 is 1.64 bits per heavy atom. The van der Waals surface area contributed by atoms with Crippen molar-refractivity contribution >= 4 is 27.8 Å². The van der Waals surface area contributed by atoms with Gasteiger partial charge in [-0.2, -0.15) is 0 Å². The third-order valence-electron chi connectivity index (χ3n) is 3.75. The molecule has 0 saturated heterocycles. The summed E-state index contributed by atoms with van der Waals surface area (Å²) in [6.45, 7) is 1.62. The number of likely N-dealkylation sites (N-methyl/N-ethyl adjacent to an activating group) is 1. The van der Waals surface area contributed by atoms with E-state index in [-0.39, 0.29) is 11.9 Å². The van der Waals surface area contributed by atoms with E-state index in [1.165, 1.54) is 12.7 Å². The van der Waals surface area contributed by atoms with Gasteiger partial charge in [0.2, 0.25) is 0 Å². The molecule has 0 aliphatic rings. The maximum atomic E-state index is 12.1. The van der Waals surface area contributed by atoms with Gasteiger partial charge < -0.3 is 15.0 Å². The monoisotopic (exact) mass is 405 g/mol. The fourth-order valence-corrected chi connectivity index (χ4v) is 2.69. The van der Waals surface area contributed by atoms with Crippen LogP contribution in [-0.2, 0) is 22.6 Å².